The number of hydrogen-bond acceptors (Lipinski definition) is 4. The summed E-state index contributed by atoms with van der Waals surface area (Å²) in [6.07, 6.45) is 1.29. The van der Waals surface area contributed by atoms with Gasteiger partial charge in [0.05, 0.1) is 10.5 Å². The zero-order valence-corrected chi connectivity index (χ0v) is 11.7. The van der Waals surface area contributed by atoms with Gasteiger partial charge < -0.3 is 4.98 Å². The van der Waals surface area contributed by atoms with Crippen molar-refractivity contribution in [3.63, 3.8) is 0 Å². The Balaban J connectivity index is 2.48. The van der Waals surface area contributed by atoms with Crippen LogP contribution in [0.15, 0.2) is 44.9 Å². The molecule has 0 bridgehead atoms. The van der Waals surface area contributed by atoms with E-state index in [-0.39, 0.29) is 10.5 Å². The molecular weight excluding hydrogens is 282 g/mol. The van der Waals surface area contributed by atoms with Gasteiger partial charge in [-0.15, -0.1) is 0 Å². The Morgan fingerprint density at radius 1 is 1.05 bits per heavy atom. The zero-order valence-electron chi connectivity index (χ0n) is 10.9. The summed E-state index contributed by atoms with van der Waals surface area (Å²) in [6.45, 7) is 0. The molecule has 20 heavy (non-hydrogen) atoms. The highest BCUT2D eigenvalue weighted by Gasteiger charge is 2.17. The Morgan fingerprint density at radius 2 is 1.65 bits per heavy atom. The number of benzene rings is 1. The topological polar surface area (TPSA) is 103 Å². The van der Waals surface area contributed by atoms with E-state index in [0.29, 0.717) is 5.56 Å². The molecule has 0 radical (unpaired) electrons. The Hall–Kier alpha value is -2.19. The molecule has 1 aromatic carbocycles. The number of nitrogens with zero attached hydrogens (tertiary/aromatic N) is 1. The summed E-state index contributed by atoms with van der Waals surface area (Å²) < 4.78 is 24.9. The molecule has 0 unspecified atom stereocenters. The van der Waals surface area contributed by atoms with Crippen molar-refractivity contribution in [1.82, 2.24) is 14.3 Å². The van der Waals surface area contributed by atoms with Crippen molar-refractivity contribution in [3.05, 3.63) is 51.3 Å². The van der Waals surface area contributed by atoms with E-state index in [9.17, 15) is 18.0 Å². The van der Waals surface area contributed by atoms with Crippen molar-refractivity contribution in [2.45, 2.75) is 4.90 Å². The van der Waals surface area contributed by atoms with Gasteiger partial charge in [0, 0.05) is 20.3 Å². The Bertz CT molecular complexity index is 832. The monoisotopic (exact) mass is 295 g/mol. The highest BCUT2D eigenvalue weighted by Crippen LogP contribution is 2.18. The van der Waals surface area contributed by atoms with Gasteiger partial charge in [-0.2, -0.15) is 0 Å². The van der Waals surface area contributed by atoms with Crippen LogP contribution in [0.5, 0.6) is 0 Å². The quantitative estimate of drug-likeness (QED) is 0.830. The Morgan fingerprint density at radius 3 is 2.15 bits per heavy atom. The van der Waals surface area contributed by atoms with Gasteiger partial charge in [-0.1, -0.05) is 12.1 Å². The van der Waals surface area contributed by atoms with E-state index >= 15 is 0 Å². The largest absolute Gasteiger partial charge is 0.325 e. The van der Waals surface area contributed by atoms with E-state index in [1.807, 2.05) is 0 Å². The number of nitrogens with one attached hydrogen (secondary N) is 2. The van der Waals surface area contributed by atoms with Crippen LogP contribution in [-0.4, -0.2) is 36.8 Å². The molecule has 2 rings (SSSR count). The van der Waals surface area contributed by atoms with Crippen molar-refractivity contribution >= 4 is 10.0 Å². The van der Waals surface area contributed by atoms with E-state index in [2.05, 4.69) is 9.97 Å². The zero-order chi connectivity index (χ0) is 14.9. The molecule has 0 saturated heterocycles. The lowest BCUT2D eigenvalue weighted by Gasteiger charge is -2.11. The molecule has 2 N–H and O–H groups in total. The maximum Gasteiger partial charge on any atom is 0.325 e. The van der Waals surface area contributed by atoms with Gasteiger partial charge in [-0.3, -0.25) is 9.78 Å². The van der Waals surface area contributed by atoms with E-state index in [1.54, 1.807) is 0 Å². The number of rotatable bonds is 3. The van der Waals surface area contributed by atoms with Gasteiger partial charge in [0.25, 0.3) is 5.56 Å². The second-order valence-electron chi connectivity index (χ2n) is 4.30. The van der Waals surface area contributed by atoms with Crippen LogP contribution in [0, 0.1) is 0 Å². The highest BCUT2D eigenvalue weighted by atomic mass is 32.2. The van der Waals surface area contributed by atoms with Gasteiger partial charge >= 0.3 is 5.69 Å². The molecule has 2 aromatic rings. The van der Waals surface area contributed by atoms with E-state index < -0.39 is 21.3 Å². The minimum absolute atomic E-state index is 0.132. The maximum absolute atomic E-state index is 11.9. The van der Waals surface area contributed by atoms with Crippen LogP contribution < -0.4 is 11.2 Å². The van der Waals surface area contributed by atoms with Crippen LogP contribution in [0.2, 0.25) is 0 Å². The third-order valence-electron chi connectivity index (χ3n) is 2.76. The lowest BCUT2D eigenvalue weighted by atomic mass is 10.1. The average molecular weight is 295 g/mol. The summed E-state index contributed by atoms with van der Waals surface area (Å²) in [7, 11) is -0.622. The summed E-state index contributed by atoms with van der Waals surface area (Å²) >= 11 is 0. The number of aromatic nitrogens is 2. The van der Waals surface area contributed by atoms with Crippen molar-refractivity contribution in [1.29, 1.82) is 0 Å². The van der Waals surface area contributed by atoms with Crippen LogP contribution in [0.3, 0.4) is 0 Å². The molecule has 0 atom stereocenters. The number of aromatic amines is 2. The molecule has 106 valence electrons. The van der Waals surface area contributed by atoms with Crippen LogP contribution in [-0.2, 0) is 10.0 Å². The fraction of sp³-hybridized carbons (Fsp3) is 0.167. The first kappa shape index (κ1) is 14.2. The summed E-state index contributed by atoms with van der Waals surface area (Å²) in [5, 5.41) is 0. The van der Waals surface area contributed by atoms with Crippen molar-refractivity contribution < 1.29 is 8.42 Å². The normalized spacial score (nSPS) is 11.8. The first-order chi connectivity index (χ1) is 9.32. The Kier molecular flexibility index (Phi) is 3.60. The molecule has 0 spiro atoms. The molecule has 8 heteroatoms. The summed E-state index contributed by atoms with van der Waals surface area (Å²) in [4.78, 5) is 27.2. The van der Waals surface area contributed by atoms with Crippen LogP contribution >= 0.6 is 0 Å². The SMILES string of the molecule is CN(C)S(=O)(=O)c1ccc(-c2c[nH]c(=O)[nH]c2=O)cc1. The standard InChI is InChI=1S/C12H13N3O4S/c1-15(2)20(18,19)9-5-3-8(4-6-9)10-7-13-12(17)14-11(10)16/h3-7H,1-2H3,(H2,13,14,16,17). The minimum atomic E-state index is -3.50. The third kappa shape index (κ3) is 2.56. The van der Waals surface area contributed by atoms with Gasteiger partial charge in [-0.25, -0.2) is 17.5 Å². The highest BCUT2D eigenvalue weighted by molar-refractivity contribution is 7.89. The maximum atomic E-state index is 11.9. The van der Waals surface area contributed by atoms with Crippen LogP contribution in [0.25, 0.3) is 11.1 Å². The predicted octanol–water partition coefficient (Wildman–Crippen LogP) is -0.0195. The molecule has 1 aromatic heterocycles. The predicted molar refractivity (Wildman–Crippen MR) is 74.0 cm³/mol. The summed E-state index contributed by atoms with van der Waals surface area (Å²) in [5.74, 6) is 0. The van der Waals surface area contributed by atoms with E-state index in [4.69, 9.17) is 0 Å². The molecule has 7 nitrogen and oxygen atoms in total. The van der Waals surface area contributed by atoms with Crippen LogP contribution in [0.1, 0.15) is 0 Å². The molecule has 1 heterocycles. The number of hydrogen-bond donors (Lipinski definition) is 2. The first-order valence-electron chi connectivity index (χ1n) is 5.67. The van der Waals surface area contributed by atoms with Crippen LogP contribution in [0.4, 0.5) is 0 Å². The fourth-order valence-corrected chi connectivity index (χ4v) is 2.54. The second kappa shape index (κ2) is 5.06. The minimum Gasteiger partial charge on any atom is -0.313 e. The lowest BCUT2D eigenvalue weighted by Crippen LogP contribution is -2.23. The van der Waals surface area contributed by atoms with Crippen molar-refractivity contribution in [2.24, 2.45) is 0 Å². The fourth-order valence-electron chi connectivity index (χ4n) is 1.64. The summed E-state index contributed by atoms with van der Waals surface area (Å²) in [5.41, 5.74) is -0.346. The van der Waals surface area contributed by atoms with Gasteiger partial charge in [0.2, 0.25) is 10.0 Å². The van der Waals surface area contributed by atoms with Gasteiger partial charge in [-0.05, 0) is 17.7 Å². The van der Waals surface area contributed by atoms with Gasteiger partial charge in [0.1, 0.15) is 0 Å². The summed E-state index contributed by atoms with van der Waals surface area (Å²) in [6, 6.07) is 5.85. The molecule has 0 saturated carbocycles. The number of H-pyrrole nitrogens is 2. The van der Waals surface area contributed by atoms with Crippen molar-refractivity contribution in [3.8, 4) is 11.1 Å². The molecule has 0 fully saturated rings. The molecule has 0 amide bonds. The van der Waals surface area contributed by atoms with E-state index in [0.717, 1.165) is 4.31 Å². The Labute approximate surface area is 115 Å². The molecule has 0 aliphatic rings. The van der Waals surface area contributed by atoms with E-state index in [1.165, 1.54) is 44.6 Å². The average Bonchev–Trinajstić information content (AvgIpc) is 2.38. The lowest BCUT2D eigenvalue weighted by molar-refractivity contribution is 0.521. The smallest absolute Gasteiger partial charge is 0.313 e. The second-order valence-corrected chi connectivity index (χ2v) is 6.45. The molecule has 0 aliphatic carbocycles. The van der Waals surface area contributed by atoms with Crippen molar-refractivity contribution in [2.75, 3.05) is 14.1 Å². The van der Waals surface area contributed by atoms with Gasteiger partial charge in [0.15, 0.2) is 0 Å². The third-order valence-corrected chi connectivity index (χ3v) is 4.59. The number of sulfonamides is 1. The first-order valence-corrected chi connectivity index (χ1v) is 7.11. The molecular formula is C12H13N3O4S. The molecule has 0 aliphatic heterocycles.